The summed E-state index contributed by atoms with van der Waals surface area (Å²) in [6.45, 7) is 6.42. The number of rotatable bonds is 3. The summed E-state index contributed by atoms with van der Waals surface area (Å²) in [7, 11) is 0. The monoisotopic (exact) mass is 539 g/mol. The van der Waals surface area contributed by atoms with Crippen LogP contribution in [0, 0.1) is 0 Å². The molecule has 0 fully saturated rings. The summed E-state index contributed by atoms with van der Waals surface area (Å²) in [4.78, 5) is 14.0. The SMILES string of the molecule is CC(C)(C)c1ccnc2c1oc1ncc(Oc3cccc(-n4c5ccccc5n5c6ccccc6nc45)c3O)cc12. The zero-order valence-corrected chi connectivity index (χ0v) is 22.7. The molecule has 0 spiro atoms. The van der Waals surface area contributed by atoms with Gasteiger partial charge in [-0.3, -0.25) is 14.0 Å². The van der Waals surface area contributed by atoms with E-state index in [1.807, 2.05) is 71.3 Å². The first-order valence-electron chi connectivity index (χ1n) is 13.4. The van der Waals surface area contributed by atoms with Gasteiger partial charge in [0.15, 0.2) is 17.1 Å². The second-order valence-electron chi connectivity index (χ2n) is 11.2. The number of pyridine rings is 2. The van der Waals surface area contributed by atoms with E-state index in [0.29, 0.717) is 28.7 Å². The summed E-state index contributed by atoms with van der Waals surface area (Å²) in [6.07, 6.45) is 3.39. The van der Waals surface area contributed by atoms with Gasteiger partial charge in [0, 0.05) is 11.8 Å². The average Bonchev–Trinajstić information content (AvgIpc) is 3.62. The van der Waals surface area contributed by atoms with Crippen molar-refractivity contribution in [1.82, 2.24) is 23.9 Å². The standard InChI is InChI=1S/C33H25N5O3/c1-33(2,3)21-15-16-34-28-20-17-19(18-35-31(20)41-30(21)28)40-27-14-8-13-26(29(27)39)38-25-12-7-6-11-24(25)37-23-10-5-4-9-22(23)36-32(37)38/h4-18,39H,1-3H3. The number of para-hydroxylation sites is 5. The van der Waals surface area contributed by atoms with Crippen molar-refractivity contribution >= 4 is 50.0 Å². The molecule has 8 heteroatoms. The molecule has 0 bridgehead atoms. The molecule has 0 atom stereocenters. The van der Waals surface area contributed by atoms with Gasteiger partial charge in [0.1, 0.15) is 11.3 Å². The van der Waals surface area contributed by atoms with Gasteiger partial charge in [0.2, 0.25) is 11.5 Å². The van der Waals surface area contributed by atoms with E-state index in [4.69, 9.17) is 14.1 Å². The molecule has 3 aromatic carbocycles. The Morgan fingerprint density at radius 1 is 0.854 bits per heavy atom. The topological polar surface area (TPSA) is 90.6 Å². The predicted molar refractivity (Wildman–Crippen MR) is 159 cm³/mol. The molecule has 1 N–H and O–H groups in total. The van der Waals surface area contributed by atoms with E-state index in [2.05, 4.69) is 41.2 Å². The molecule has 0 amide bonds. The molecular formula is C33H25N5O3. The number of imidazole rings is 2. The van der Waals surface area contributed by atoms with Gasteiger partial charge in [0.05, 0.1) is 39.3 Å². The molecule has 0 aliphatic heterocycles. The first-order valence-corrected chi connectivity index (χ1v) is 13.4. The van der Waals surface area contributed by atoms with E-state index in [9.17, 15) is 5.11 Å². The molecule has 0 aliphatic rings. The predicted octanol–water partition coefficient (Wildman–Crippen LogP) is 7.92. The number of hydrogen-bond acceptors (Lipinski definition) is 6. The van der Waals surface area contributed by atoms with Crippen LogP contribution in [0.25, 0.3) is 55.7 Å². The lowest BCUT2D eigenvalue weighted by atomic mass is 9.87. The van der Waals surface area contributed by atoms with Crippen LogP contribution in [-0.4, -0.2) is 29.0 Å². The number of phenolic OH excluding ortho intramolecular Hbond substituents is 1. The zero-order chi connectivity index (χ0) is 27.9. The minimum atomic E-state index is -0.116. The van der Waals surface area contributed by atoms with Crippen LogP contribution in [0.5, 0.6) is 17.2 Å². The number of furan rings is 1. The third-order valence-electron chi connectivity index (χ3n) is 7.55. The summed E-state index contributed by atoms with van der Waals surface area (Å²) < 4.78 is 16.4. The molecule has 0 aliphatic carbocycles. The molecule has 5 heterocycles. The van der Waals surface area contributed by atoms with Gasteiger partial charge in [-0.1, -0.05) is 51.1 Å². The van der Waals surface area contributed by atoms with Gasteiger partial charge < -0.3 is 14.3 Å². The lowest BCUT2D eigenvalue weighted by Gasteiger charge is -2.18. The Hall–Kier alpha value is -5.37. The summed E-state index contributed by atoms with van der Waals surface area (Å²) in [6, 6.07) is 25.4. The van der Waals surface area contributed by atoms with Gasteiger partial charge in [-0.2, -0.15) is 0 Å². The summed E-state index contributed by atoms with van der Waals surface area (Å²) >= 11 is 0. The fraction of sp³-hybridized carbons (Fsp3) is 0.121. The van der Waals surface area contributed by atoms with Crippen molar-refractivity contribution in [2.75, 3.05) is 0 Å². The highest BCUT2D eigenvalue weighted by atomic mass is 16.5. The van der Waals surface area contributed by atoms with E-state index >= 15 is 0 Å². The molecule has 0 saturated heterocycles. The van der Waals surface area contributed by atoms with Crippen LogP contribution < -0.4 is 4.74 Å². The number of ether oxygens (including phenoxy) is 1. The Kier molecular flexibility index (Phi) is 4.77. The molecule has 41 heavy (non-hydrogen) atoms. The molecule has 8 aromatic rings. The van der Waals surface area contributed by atoms with Crippen LogP contribution >= 0.6 is 0 Å². The number of fused-ring (bicyclic) bond motifs is 8. The highest BCUT2D eigenvalue weighted by molar-refractivity contribution is 6.02. The van der Waals surface area contributed by atoms with Crippen molar-refractivity contribution < 1.29 is 14.3 Å². The number of nitrogens with zero attached hydrogens (tertiary/aromatic N) is 5. The molecule has 0 radical (unpaired) electrons. The van der Waals surface area contributed by atoms with Gasteiger partial charge >= 0.3 is 0 Å². The van der Waals surface area contributed by atoms with Crippen molar-refractivity contribution in [2.24, 2.45) is 0 Å². The maximum atomic E-state index is 11.6. The first kappa shape index (κ1) is 23.5. The molecular weight excluding hydrogens is 514 g/mol. The quantitative estimate of drug-likeness (QED) is 0.245. The molecule has 5 aromatic heterocycles. The third-order valence-corrected chi connectivity index (χ3v) is 7.55. The number of phenols is 1. The van der Waals surface area contributed by atoms with E-state index in [0.717, 1.165) is 44.1 Å². The minimum Gasteiger partial charge on any atom is -0.503 e. The summed E-state index contributed by atoms with van der Waals surface area (Å²) in [5, 5.41) is 12.3. The van der Waals surface area contributed by atoms with Crippen molar-refractivity contribution in [3.8, 4) is 22.9 Å². The number of aromatic nitrogens is 5. The molecule has 8 rings (SSSR count). The lowest BCUT2D eigenvalue weighted by molar-refractivity contribution is 0.409. The molecule has 0 unspecified atom stereocenters. The first-order chi connectivity index (χ1) is 19.9. The second kappa shape index (κ2) is 8.32. The van der Waals surface area contributed by atoms with Crippen molar-refractivity contribution in [3.63, 3.8) is 0 Å². The van der Waals surface area contributed by atoms with Gasteiger partial charge in [-0.15, -0.1) is 0 Å². The van der Waals surface area contributed by atoms with E-state index in [-0.39, 0.29) is 11.2 Å². The highest BCUT2D eigenvalue weighted by Gasteiger charge is 2.23. The second-order valence-corrected chi connectivity index (χ2v) is 11.2. The minimum absolute atomic E-state index is 0.00639. The van der Waals surface area contributed by atoms with Crippen LogP contribution in [0.3, 0.4) is 0 Å². The number of aromatic hydroxyl groups is 1. The third kappa shape index (κ3) is 3.43. The summed E-state index contributed by atoms with van der Waals surface area (Å²) in [5.41, 5.74) is 7.23. The van der Waals surface area contributed by atoms with Crippen LogP contribution in [0.4, 0.5) is 0 Å². The van der Waals surface area contributed by atoms with Gasteiger partial charge in [0.25, 0.3) is 0 Å². The van der Waals surface area contributed by atoms with Crippen LogP contribution in [0.15, 0.2) is 95.7 Å². The Bertz CT molecular complexity index is 2300. The number of hydrogen-bond donors (Lipinski definition) is 1. The van der Waals surface area contributed by atoms with Crippen molar-refractivity contribution in [2.45, 2.75) is 26.2 Å². The smallest absolute Gasteiger partial charge is 0.229 e. The van der Waals surface area contributed by atoms with Crippen LogP contribution in [-0.2, 0) is 5.41 Å². The maximum absolute atomic E-state index is 11.6. The Balaban J connectivity index is 1.27. The fourth-order valence-electron chi connectivity index (χ4n) is 5.66. The Morgan fingerprint density at radius 3 is 2.46 bits per heavy atom. The van der Waals surface area contributed by atoms with Crippen LogP contribution in [0.1, 0.15) is 26.3 Å². The van der Waals surface area contributed by atoms with E-state index in [1.165, 1.54) is 0 Å². The van der Waals surface area contributed by atoms with Crippen molar-refractivity contribution in [1.29, 1.82) is 0 Å². The number of benzene rings is 3. The lowest BCUT2D eigenvalue weighted by Crippen LogP contribution is -2.11. The van der Waals surface area contributed by atoms with E-state index < -0.39 is 0 Å². The zero-order valence-electron chi connectivity index (χ0n) is 22.7. The van der Waals surface area contributed by atoms with Crippen molar-refractivity contribution in [3.05, 3.63) is 96.8 Å². The van der Waals surface area contributed by atoms with E-state index in [1.54, 1.807) is 18.5 Å². The Morgan fingerprint density at radius 2 is 1.63 bits per heavy atom. The normalized spacial score (nSPS) is 12.4. The summed E-state index contributed by atoms with van der Waals surface area (Å²) in [5.74, 6) is 1.46. The molecule has 200 valence electrons. The molecule has 8 nitrogen and oxygen atoms in total. The highest BCUT2D eigenvalue weighted by Crippen LogP contribution is 2.40. The Labute approximate surface area is 234 Å². The largest absolute Gasteiger partial charge is 0.503 e. The maximum Gasteiger partial charge on any atom is 0.229 e. The molecule has 0 saturated carbocycles. The average molecular weight is 540 g/mol. The van der Waals surface area contributed by atoms with Gasteiger partial charge in [-0.05, 0) is 53.9 Å². The van der Waals surface area contributed by atoms with Gasteiger partial charge in [-0.25, -0.2) is 9.97 Å². The fourth-order valence-corrected chi connectivity index (χ4v) is 5.66. The van der Waals surface area contributed by atoms with Crippen LogP contribution in [0.2, 0.25) is 0 Å².